The van der Waals surface area contributed by atoms with E-state index in [-0.39, 0.29) is 11.3 Å². The molecule has 5 heteroatoms. The number of carbonyl (C=O) groups is 1. The number of Topliss-reactive ketones (excluding diaryl/α,β-unsaturated/α-hetero) is 1. The zero-order valence-corrected chi connectivity index (χ0v) is 16.2. The van der Waals surface area contributed by atoms with Crippen molar-refractivity contribution in [2.75, 3.05) is 0 Å². The maximum atomic E-state index is 13.2. The molecule has 1 saturated carbocycles. The summed E-state index contributed by atoms with van der Waals surface area (Å²) in [5, 5.41) is 4.31. The van der Waals surface area contributed by atoms with Crippen LogP contribution in [0.3, 0.4) is 0 Å². The van der Waals surface area contributed by atoms with Crippen molar-refractivity contribution >= 4 is 27.9 Å². The van der Waals surface area contributed by atoms with Crippen molar-refractivity contribution in [3.63, 3.8) is 0 Å². The Bertz CT molecular complexity index is 971. The minimum atomic E-state index is -0.408. The van der Waals surface area contributed by atoms with Gasteiger partial charge in [0.1, 0.15) is 0 Å². The van der Waals surface area contributed by atoms with E-state index in [1.165, 1.54) is 30.6 Å². The number of nitrogens with zero attached hydrogens (tertiary/aromatic N) is 2. The molecule has 0 amide bonds. The minimum Gasteiger partial charge on any atom is -0.304 e. The molecule has 0 spiro atoms. The Balaban J connectivity index is 1.69. The molecule has 1 fully saturated rings. The summed E-state index contributed by atoms with van der Waals surface area (Å²) in [6, 6.07) is 9.13. The first-order chi connectivity index (χ1) is 13.2. The minimum absolute atomic E-state index is 0.0681. The first kappa shape index (κ1) is 18.1. The van der Waals surface area contributed by atoms with Gasteiger partial charge in [0.2, 0.25) is 0 Å². The zero-order chi connectivity index (χ0) is 18.6. The van der Waals surface area contributed by atoms with Gasteiger partial charge in [0.15, 0.2) is 5.78 Å². The fourth-order valence-corrected chi connectivity index (χ4v) is 4.82. The van der Waals surface area contributed by atoms with E-state index >= 15 is 0 Å². The third-order valence-corrected chi connectivity index (χ3v) is 6.42. The third-order valence-electron chi connectivity index (χ3n) is 5.64. The lowest BCUT2D eigenvalue weighted by atomic mass is 9.83. The van der Waals surface area contributed by atoms with Gasteiger partial charge in [-0.05, 0) is 29.9 Å². The molecule has 0 N–H and O–H groups in total. The molecule has 4 rings (SSSR count). The second-order valence-electron chi connectivity index (χ2n) is 7.44. The molecule has 1 aliphatic carbocycles. The van der Waals surface area contributed by atoms with Gasteiger partial charge in [0.25, 0.3) is 5.56 Å². The first-order valence-corrected chi connectivity index (χ1v) is 10.6. The predicted octanol–water partition coefficient (Wildman–Crippen LogP) is 4.78. The van der Waals surface area contributed by atoms with E-state index in [2.05, 4.69) is 4.98 Å². The van der Waals surface area contributed by atoms with E-state index in [1.807, 2.05) is 35.7 Å². The zero-order valence-electron chi connectivity index (χ0n) is 15.3. The number of aromatic nitrogens is 2. The van der Waals surface area contributed by atoms with Crippen LogP contribution in [0.4, 0.5) is 0 Å². The largest absolute Gasteiger partial charge is 0.304 e. The van der Waals surface area contributed by atoms with Gasteiger partial charge >= 0.3 is 0 Å². The fraction of sp³-hybridized carbons (Fsp3) is 0.409. The lowest BCUT2D eigenvalue weighted by Crippen LogP contribution is -2.32. The molecule has 27 heavy (non-hydrogen) atoms. The van der Waals surface area contributed by atoms with Crippen molar-refractivity contribution in [1.29, 1.82) is 0 Å². The summed E-state index contributed by atoms with van der Waals surface area (Å²) in [6.07, 6.45) is 10.6. The van der Waals surface area contributed by atoms with Crippen LogP contribution in [0.5, 0.6) is 0 Å². The first-order valence-electron chi connectivity index (χ1n) is 9.73. The van der Waals surface area contributed by atoms with E-state index in [9.17, 15) is 9.59 Å². The van der Waals surface area contributed by atoms with E-state index in [4.69, 9.17) is 0 Å². The summed E-state index contributed by atoms with van der Waals surface area (Å²) in [4.78, 5) is 30.6. The Labute approximate surface area is 162 Å². The van der Waals surface area contributed by atoms with Crippen LogP contribution in [0.25, 0.3) is 10.8 Å². The molecular formula is C22H24N2O2S. The lowest BCUT2D eigenvalue weighted by molar-refractivity contribution is -0.122. The number of rotatable bonds is 6. The fourth-order valence-electron chi connectivity index (χ4n) is 4.20. The molecule has 0 saturated heterocycles. The molecule has 2 heterocycles. The quantitative estimate of drug-likeness (QED) is 0.618. The van der Waals surface area contributed by atoms with Gasteiger partial charge < -0.3 is 4.57 Å². The van der Waals surface area contributed by atoms with Gasteiger partial charge in [-0.15, -0.1) is 11.3 Å². The van der Waals surface area contributed by atoms with Crippen LogP contribution in [0.2, 0.25) is 0 Å². The molecule has 4 nitrogen and oxygen atoms in total. The maximum Gasteiger partial charge on any atom is 0.259 e. The molecular weight excluding hydrogens is 356 g/mol. The SMILES string of the molecule is O=C(Cc1nccs1)C(CC1CCCCC1)n1ccc2ccccc2c1=O. The molecule has 1 aliphatic rings. The van der Waals surface area contributed by atoms with Gasteiger partial charge in [-0.25, -0.2) is 4.98 Å². The monoisotopic (exact) mass is 380 g/mol. The average Bonchev–Trinajstić information content (AvgIpc) is 3.21. The van der Waals surface area contributed by atoms with Crippen LogP contribution < -0.4 is 5.56 Å². The van der Waals surface area contributed by atoms with Crippen LogP contribution in [-0.2, 0) is 11.2 Å². The Morgan fingerprint density at radius 1 is 1.19 bits per heavy atom. The molecule has 1 atom stereocenters. The highest BCUT2D eigenvalue weighted by Crippen LogP contribution is 2.31. The summed E-state index contributed by atoms with van der Waals surface area (Å²) in [5.41, 5.74) is -0.0681. The number of pyridine rings is 1. The molecule has 1 aromatic carbocycles. The highest BCUT2D eigenvalue weighted by Gasteiger charge is 2.27. The van der Waals surface area contributed by atoms with Gasteiger partial charge in [-0.3, -0.25) is 9.59 Å². The number of hydrogen-bond acceptors (Lipinski definition) is 4. The molecule has 1 unspecified atom stereocenters. The Hall–Kier alpha value is -2.27. The third kappa shape index (κ3) is 4.03. The summed E-state index contributed by atoms with van der Waals surface area (Å²) in [6.45, 7) is 0. The maximum absolute atomic E-state index is 13.2. The van der Waals surface area contributed by atoms with Crippen LogP contribution in [0.15, 0.2) is 52.9 Å². The van der Waals surface area contributed by atoms with Crippen molar-refractivity contribution < 1.29 is 4.79 Å². The Morgan fingerprint density at radius 3 is 2.78 bits per heavy atom. The molecule has 140 valence electrons. The van der Waals surface area contributed by atoms with Crippen molar-refractivity contribution in [3.05, 3.63) is 63.5 Å². The predicted molar refractivity (Wildman–Crippen MR) is 109 cm³/mol. The number of fused-ring (bicyclic) bond motifs is 1. The van der Waals surface area contributed by atoms with Gasteiger partial charge in [0.05, 0.1) is 17.5 Å². The lowest BCUT2D eigenvalue weighted by Gasteiger charge is -2.27. The topological polar surface area (TPSA) is 52.0 Å². The number of carbonyl (C=O) groups excluding carboxylic acids is 1. The Morgan fingerprint density at radius 2 is 2.00 bits per heavy atom. The van der Waals surface area contributed by atoms with E-state index in [0.717, 1.165) is 29.7 Å². The Kier molecular flexibility index (Phi) is 5.48. The van der Waals surface area contributed by atoms with Gasteiger partial charge in [-0.1, -0.05) is 50.3 Å². The van der Waals surface area contributed by atoms with Crippen LogP contribution >= 0.6 is 11.3 Å². The van der Waals surface area contributed by atoms with Crippen LogP contribution in [0, 0.1) is 5.92 Å². The summed E-state index contributed by atoms with van der Waals surface area (Å²) in [7, 11) is 0. The standard InChI is InChI=1S/C22H24N2O2S/c25-20(15-21-23-11-13-27-21)19(14-16-6-2-1-3-7-16)24-12-10-17-8-4-5-9-18(17)22(24)26/h4-5,8-13,16,19H,1-3,6-7,14-15H2. The van der Waals surface area contributed by atoms with Crippen molar-refractivity contribution in [2.45, 2.75) is 51.0 Å². The summed E-state index contributed by atoms with van der Waals surface area (Å²) in [5.74, 6) is 0.607. The van der Waals surface area contributed by atoms with Crippen LogP contribution in [-0.4, -0.2) is 15.3 Å². The van der Waals surface area contributed by atoms with E-state index < -0.39 is 6.04 Å². The smallest absolute Gasteiger partial charge is 0.259 e. The summed E-state index contributed by atoms with van der Waals surface area (Å²) >= 11 is 1.50. The van der Waals surface area contributed by atoms with Gasteiger partial charge in [0, 0.05) is 23.2 Å². The highest BCUT2D eigenvalue weighted by molar-refractivity contribution is 7.09. The summed E-state index contributed by atoms with van der Waals surface area (Å²) < 4.78 is 1.67. The van der Waals surface area contributed by atoms with Crippen molar-refractivity contribution in [2.24, 2.45) is 5.92 Å². The molecule has 0 aliphatic heterocycles. The normalized spacial score (nSPS) is 16.4. The van der Waals surface area contributed by atoms with Gasteiger partial charge in [-0.2, -0.15) is 0 Å². The number of ketones is 1. The molecule has 3 aromatic rings. The highest BCUT2D eigenvalue weighted by atomic mass is 32.1. The molecule has 0 bridgehead atoms. The van der Waals surface area contributed by atoms with Crippen molar-refractivity contribution in [1.82, 2.24) is 9.55 Å². The second kappa shape index (κ2) is 8.17. The van der Waals surface area contributed by atoms with Crippen molar-refractivity contribution in [3.8, 4) is 0 Å². The molecule has 2 aromatic heterocycles. The second-order valence-corrected chi connectivity index (χ2v) is 8.42. The number of hydrogen-bond donors (Lipinski definition) is 0. The average molecular weight is 381 g/mol. The van der Waals surface area contributed by atoms with Crippen LogP contribution in [0.1, 0.15) is 49.6 Å². The van der Waals surface area contributed by atoms with E-state index in [1.54, 1.807) is 17.0 Å². The van der Waals surface area contributed by atoms with E-state index in [0.29, 0.717) is 17.7 Å². The number of thiazole rings is 1. The number of benzene rings is 1. The molecule has 0 radical (unpaired) electrons.